The molecule has 1 aromatic heterocycles. The zero-order chi connectivity index (χ0) is 13.5. The average Bonchev–Trinajstić information content (AvgIpc) is 2.37. The highest BCUT2D eigenvalue weighted by Crippen LogP contribution is 2.29. The summed E-state index contributed by atoms with van der Waals surface area (Å²) in [6.45, 7) is 0. The molecule has 0 saturated heterocycles. The maximum Gasteiger partial charge on any atom is 0.326 e. The first-order valence-corrected chi connectivity index (χ1v) is 5.12. The molecule has 1 unspecified atom stereocenters. The fourth-order valence-corrected chi connectivity index (χ4v) is 1.49. The molecule has 1 atom stereocenters. The first-order chi connectivity index (χ1) is 8.63. The van der Waals surface area contributed by atoms with Crippen molar-refractivity contribution >= 4 is 12.4 Å². The van der Waals surface area contributed by atoms with Crippen LogP contribution in [0.3, 0.4) is 0 Å². The third-order valence-electron chi connectivity index (χ3n) is 2.33. The van der Waals surface area contributed by atoms with Gasteiger partial charge in [0.2, 0.25) is 6.41 Å². The van der Waals surface area contributed by atoms with Gasteiger partial charge in [0.05, 0.1) is 19.9 Å². The number of carboxylic acids is 1. The second kappa shape index (κ2) is 6.43. The molecule has 0 aromatic carbocycles. The molecule has 7 nitrogen and oxygen atoms in total. The highest BCUT2D eigenvalue weighted by Gasteiger charge is 2.21. The molecule has 0 spiro atoms. The molecule has 0 aliphatic carbocycles. The number of carboxylic acid groups (broad SMARTS) is 1. The molecule has 0 saturated carbocycles. The summed E-state index contributed by atoms with van der Waals surface area (Å²) in [4.78, 5) is 25.3. The molecule has 0 aliphatic heterocycles. The fourth-order valence-electron chi connectivity index (χ4n) is 1.49. The van der Waals surface area contributed by atoms with Gasteiger partial charge in [-0.1, -0.05) is 0 Å². The predicted molar refractivity (Wildman–Crippen MR) is 61.7 cm³/mol. The van der Waals surface area contributed by atoms with Crippen LogP contribution in [-0.4, -0.2) is 42.7 Å². The third-order valence-corrected chi connectivity index (χ3v) is 2.33. The molecular weight excluding hydrogens is 240 g/mol. The quantitative estimate of drug-likeness (QED) is 0.656. The Morgan fingerprint density at radius 1 is 1.56 bits per heavy atom. The Labute approximate surface area is 104 Å². The summed E-state index contributed by atoms with van der Waals surface area (Å²) in [5.74, 6) is -0.328. The van der Waals surface area contributed by atoms with E-state index in [4.69, 9.17) is 14.6 Å². The lowest BCUT2D eigenvalue weighted by Gasteiger charge is -2.14. The van der Waals surface area contributed by atoms with Crippen LogP contribution in [0.25, 0.3) is 0 Å². The van der Waals surface area contributed by atoms with E-state index in [-0.39, 0.29) is 6.42 Å². The lowest BCUT2D eigenvalue weighted by Crippen LogP contribution is -2.37. The second-order valence-corrected chi connectivity index (χ2v) is 3.37. The smallest absolute Gasteiger partial charge is 0.326 e. The van der Waals surface area contributed by atoms with Gasteiger partial charge < -0.3 is 19.9 Å². The standard InChI is InChI=1S/C11H14N2O5/c1-17-9-3-4-12-7(10(9)18-2)5-8(11(15)16)13-6-14/h3-4,6,8H,5H2,1-2H3,(H,13,14)(H,15,16). The third kappa shape index (κ3) is 3.09. The van der Waals surface area contributed by atoms with Crippen molar-refractivity contribution in [2.45, 2.75) is 12.5 Å². The van der Waals surface area contributed by atoms with E-state index in [0.29, 0.717) is 23.6 Å². The molecule has 0 radical (unpaired) electrons. The molecule has 0 bridgehead atoms. The first kappa shape index (κ1) is 13.8. The topological polar surface area (TPSA) is 97.8 Å². The summed E-state index contributed by atoms with van der Waals surface area (Å²) in [5.41, 5.74) is 0.401. The maximum absolute atomic E-state index is 10.9. The van der Waals surface area contributed by atoms with Gasteiger partial charge in [-0.25, -0.2) is 4.79 Å². The molecule has 1 heterocycles. The van der Waals surface area contributed by atoms with E-state index >= 15 is 0 Å². The Morgan fingerprint density at radius 3 is 2.78 bits per heavy atom. The van der Waals surface area contributed by atoms with Crippen molar-refractivity contribution in [2.75, 3.05) is 14.2 Å². The number of nitrogens with zero attached hydrogens (tertiary/aromatic N) is 1. The predicted octanol–water partition coefficient (Wildman–Crippen LogP) is -0.160. The van der Waals surface area contributed by atoms with Crippen LogP contribution in [0.5, 0.6) is 11.5 Å². The van der Waals surface area contributed by atoms with E-state index in [1.54, 1.807) is 6.07 Å². The zero-order valence-electron chi connectivity index (χ0n) is 10.0. The van der Waals surface area contributed by atoms with Crippen LogP contribution in [0.4, 0.5) is 0 Å². The number of carbonyl (C=O) groups excluding carboxylic acids is 1. The number of carbonyl (C=O) groups is 2. The van der Waals surface area contributed by atoms with E-state index in [1.807, 2.05) is 0 Å². The van der Waals surface area contributed by atoms with Crippen molar-refractivity contribution in [3.05, 3.63) is 18.0 Å². The lowest BCUT2D eigenvalue weighted by molar-refractivity contribution is -0.140. The summed E-state index contributed by atoms with van der Waals surface area (Å²) in [5, 5.41) is 11.1. The van der Waals surface area contributed by atoms with Gasteiger partial charge in [0.25, 0.3) is 0 Å². The van der Waals surface area contributed by atoms with Crippen molar-refractivity contribution < 1.29 is 24.2 Å². The molecule has 0 aliphatic rings. The van der Waals surface area contributed by atoms with Gasteiger partial charge in [0.15, 0.2) is 11.5 Å². The van der Waals surface area contributed by atoms with Crippen LogP contribution in [0.1, 0.15) is 5.69 Å². The highest BCUT2D eigenvalue weighted by molar-refractivity contribution is 5.76. The summed E-state index contributed by atoms with van der Waals surface area (Å²) in [7, 11) is 2.91. The van der Waals surface area contributed by atoms with Gasteiger partial charge >= 0.3 is 5.97 Å². The minimum absolute atomic E-state index is 0.00838. The molecule has 0 fully saturated rings. The second-order valence-electron chi connectivity index (χ2n) is 3.37. The molecule has 1 aromatic rings. The Balaban J connectivity index is 3.01. The number of hydrogen-bond donors (Lipinski definition) is 2. The molecule has 1 amide bonds. The number of aliphatic carboxylic acids is 1. The van der Waals surface area contributed by atoms with Crippen molar-refractivity contribution in [1.29, 1.82) is 0 Å². The minimum atomic E-state index is -1.14. The normalized spacial score (nSPS) is 11.4. The van der Waals surface area contributed by atoms with Crippen LogP contribution in [0, 0.1) is 0 Å². The molecule has 98 valence electrons. The summed E-state index contributed by atoms with van der Waals surface area (Å²) >= 11 is 0. The lowest BCUT2D eigenvalue weighted by atomic mass is 10.1. The van der Waals surface area contributed by atoms with Gasteiger partial charge in [0.1, 0.15) is 6.04 Å². The Morgan fingerprint density at radius 2 is 2.28 bits per heavy atom. The molecule has 1 rings (SSSR count). The number of pyridine rings is 1. The maximum atomic E-state index is 10.9. The zero-order valence-corrected chi connectivity index (χ0v) is 10.0. The van der Waals surface area contributed by atoms with E-state index in [9.17, 15) is 9.59 Å². The fraction of sp³-hybridized carbons (Fsp3) is 0.364. The first-order valence-electron chi connectivity index (χ1n) is 5.12. The average molecular weight is 254 g/mol. The number of hydrogen-bond acceptors (Lipinski definition) is 5. The molecular formula is C11H14N2O5. The van der Waals surface area contributed by atoms with Gasteiger partial charge in [-0.15, -0.1) is 0 Å². The number of amides is 1. The largest absolute Gasteiger partial charge is 0.493 e. The van der Waals surface area contributed by atoms with Gasteiger partial charge in [-0.3, -0.25) is 9.78 Å². The van der Waals surface area contributed by atoms with E-state index in [0.717, 1.165) is 0 Å². The van der Waals surface area contributed by atoms with E-state index in [2.05, 4.69) is 10.3 Å². The van der Waals surface area contributed by atoms with Crippen molar-refractivity contribution in [1.82, 2.24) is 10.3 Å². The molecule has 2 N–H and O–H groups in total. The Kier molecular flexibility index (Phi) is 4.91. The summed E-state index contributed by atoms with van der Waals surface area (Å²) in [6, 6.07) is 0.543. The minimum Gasteiger partial charge on any atom is -0.493 e. The number of aromatic nitrogens is 1. The Bertz CT molecular complexity index is 435. The summed E-state index contributed by atoms with van der Waals surface area (Å²) in [6.07, 6.45) is 1.83. The van der Waals surface area contributed by atoms with E-state index < -0.39 is 12.0 Å². The number of nitrogens with one attached hydrogen (secondary N) is 1. The molecule has 7 heteroatoms. The van der Waals surface area contributed by atoms with Crippen LogP contribution in [0.15, 0.2) is 12.3 Å². The number of methoxy groups -OCH3 is 2. The number of rotatable bonds is 7. The number of ether oxygens (including phenoxy) is 2. The Hall–Kier alpha value is -2.31. The van der Waals surface area contributed by atoms with Crippen LogP contribution < -0.4 is 14.8 Å². The van der Waals surface area contributed by atoms with Gasteiger partial charge in [-0.2, -0.15) is 0 Å². The SMILES string of the molecule is COc1ccnc(CC(NC=O)C(=O)O)c1OC. The van der Waals surface area contributed by atoms with Crippen LogP contribution >= 0.6 is 0 Å². The van der Waals surface area contributed by atoms with Crippen LogP contribution in [-0.2, 0) is 16.0 Å². The van der Waals surface area contributed by atoms with Crippen LogP contribution in [0.2, 0.25) is 0 Å². The van der Waals surface area contributed by atoms with Crippen molar-refractivity contribution in [3.8, 4) is 11.5 Å². The van der Waals surface area contributed by atoms with Gasteiger partial charge in [-0.05, 0) is 0 Å². The van der Waals surface area contributed by atoms with E-state index in [1.165, 1.54) is 20.4 Å². The van der Waals surface area contributed by atoms with Gasteiger partial charge in [0, 0.05) is 18.7 Å². The monoisotopic (exact) mass is 254 g/mol. The summed E-state index contributed by atoms with van der Waals surface area (Å²) < 4.78 is 10.2. The molecule has 18 heavy (non-hydrogen) atoms. The van der Waals surface area contributed by atoms with Crippen molar-refractivity contribution in [3.63, 3.8) is 0 Å². The highest BCUT2D eigenvalue weighted by atomic mass is 16.5. The van der Waals surface area contributed by atoms with Crippen molar-refractivity contribution in [2.24, 2.45) is 0 Å².